The first kappa shape index (κ1) is 33.3. The summed E-state index contributed by atoms with van der Waals surface area (Å²) in [6.45, 7) is 14.8. The van der Waals surface area contributed by atoms with Crippen molar-refractivity contribution in [3.05, 3.63) is 119 Å². The van der Waals surface area contributed by atoms with Crippen molar-refractivity contribution in [1.29, 1.82) is 10.5 Å². The van der Waals surface area contributed by atoms with Gasteiger partial charge in [0, 0.05) is 42.3 Å². The van der Waals surface area contributed by atoms with Gasteiger partial charge in [0.2, 0.25) is 0 Å². The number of carbonyl (C=O) groups excluding carboxylic acids is 4. The third-order valence-corrected chi connectivity index (χ3v) is 15.5. The summed E-state index contributed by atoms with van der Waals surface area (Å²) in [7, 11) is 0. The van der Waals surface area contributed by atoms with Crippen LogP contribution in [0.4, 0.5) is 11.4 Å². The highest BCUT2D eigenvalue weighted by molar-refractivity contribution is 7.35. The molecule has 0 atom stereocenters. The minimum absolute atomic E-state index is 0.000833. The molecule has 5 heterocycles. The minimum Gasteiger partial charge on any atom is -0.479 e. The average Bonchev–Trinajstić information content (AvgIpc) is 4.02. The maximum atomic E-state index is 13.4. The van der Waals surface area contributed by atoms with Crippen LogP contribution in [0.1, 0.15) is 100.0 Å². The average molecular weight is 787 g/mol. The number of thiophene rings is 4. The third kappa shape index (κ3) is 4.62. The van der Waals surface area contributed by atoms with Crippen LogP contribution in [-0.4, -0.2) is 23.1 Å². The molecule has 0 unspecified atom stereocenters. The third-order valence-electron chi connectivity index (χ3n) is 10.6. The molecule has 260 valence electrons. The van der Waals surface area contributed by atoms with Gasteiger partial charge in [-0.25, -0.2) is 0 Å². The fourth-order valence-electron chi connectivity index (χ4n) is 8.10. The van der Waals surface area contributed by atoms with Gasteiger partial charge in [-0.3, -0.25) is 28.9 Å². The second-order valence-corrected chi connectivity index (χ2v) is 17.9. The van der Waals surface area contributed by atoms with Crippen molar-refractivity contribution >= 4 is 111 Å². The molecule has 0 saturated heterocycles. The van der Waals surface area contributed by atoms with Crippen LogP contribution in [0.2, 0.25) is 0 Å². The van der Waals surface area contributed by atoms with E-state index in [4.69, 9.17) is 17.9 Å². The number of rotatable bonds is 2. The molecule has 6 aromatic rings. The first-order chi connectivity index (χ1) is 26.7. The Morgan fingerprint density at radius 3 is 1.62 bits per heavy atom. The summed E-state index contributed by atoms with van der Waals surface area (Å²) < 4.78 is 11.2. The predicted molar refractivity (Wildman–Crippen MR) is 212 cm³/mol. The number of ether oxygens (including phenoxy) is 1. The first-order valence-electron chi connectivity index (χ1n) is 17.0. The number of nitriles is 2. The second-order valence-electron chi connectivity index (χ2n) is 13.6. The van der Waals surface area contributed by atoms with Crippen LogP contribution in [0.3, 0.4) is 0 Å². The fourth-order valence-corrected chi connectivity index (χ4v) is 13.4. The normalized spacial score (nSPS) is 16.3. The van der Waals surface area contributed by atoms with Crippen molar-refractivity contribution in [1.82, 2.24) is 0 Å². The van der Waals surface area contributed by atoms with Crippen LogP contribution < -0.4 is 4.74 Å². The van der Waals surface area contributed by atoms with Crippen molar-refractivity contribution in [3.63, 3.8) is 0 Å². The Kier molecular flexibility index (Phi) is 7.16. The largest absolute Gasteiger partial charge is 0.479 e. The van der Waals surface area contributed by atoms with Crippen LogP contribution in [0, 0.1) is 35.8 Å². The smallest absolute Gasteiger partial charge is 0.197 e. The Hall–Kier alpha value is -6.32. The predicted octanol–water partition coefficient (Wildman–Crippen LogP) is 11.2. The molecule has 13 heteroatoms. The van der Waals surface area contributed by atoms with Crippen LogP contribution >= 0.6 is 45.3 Å². The lowest BCUT2D eigenvalue weighted by Gasteiger charge is -2.40. The lowest BCUT2D eigenvalue weighted by molar-refractivity contribution is 0.0282. The number of allylic oxidation sites excluding steroid dienone is 2. The Labute approximate surface area is 327 Å². The van der Waals surface area contributed by atoms with Crippen LogP contribution in [0.5, 0.6) is 5.75 Å². The summed E-state index contributed by atoms with van der Waals surface area (Å²) in [5.41, 5.74) is 1.38. The highest BCUT2D eigenvalue weighted by Crippen LogP contribution is 2.62. The summed E-state index contributed by atoms with van der Waals surface area (Å²) >= 11 is 6.26. The molecule has 4 aromatic heterocycles. The number of Topliss-reactive ketones (excluding diaryl/α,β-unsaturated/α-hetero) is 4. The van der Waals surface area contributed by atoms with Crippen LogP contribution in [0.25, 0.3) is 50.4 Å². The van der Waals surface area contributed by atoms with Gasteiger partial charge in [-0.15, -0.1) is 45.3 Å². The van der Waals surface area contributed by atoms with Crippen LogP contribution in [-0.2, 0) is 5.60 Å². The van der Waals surface area contributed by atoms with Gasteiger partial charge in [-0.2, -0.15) is 10.5 Å². The summed E-state index contributed by atoms with van der Waals surface area (Å²) in [6.07, 6.45) is 7.98. The zero-order valence-corrected chi connectivity index (χ0v) is 31.4. The lowest BCUT2D eigenvalue weighted by Crippen LogP contribution is -2.37. The van der Waals surface area contributed by atoms with Gasteiger partial charge in [-0.1, -0.05) is 18.6 Å². The molecule has 1 aliphatic heterocycles. The number of fused-ring (bicyclic) bond motifs is 10. The molecule has 1 fully saturated rings. The van der Waals surface area contributed by atoms with E-state index >= 15 is 0 Å². The highest BCUT2D eigenvalue weighted by atomic mass is 32.1. The summed E-state index contributed by atoms with van der Waals surface area (Å²) in [4.78, 5) is 64.0. The number of nitrogens with zero attached hydrogens (tertiary/aromatic N) is 4. The van der Waals surface area contributed by atoms with Crippen molar-refractivity contribution in [3.8, 4) is 27.6 Å². The topological polar surface area (TPSA) is 134 Å². The van der Waals surface area contributed by atoms with E-state index in [0.717, 1.165) is 81.7 Å². The van der Waals surface area contributed by atoms with E-state index in [-0.39, 0.29) is 55.9 Å². The lowest BCUT2D eigenvalue weighted by atomic mass is 9.78. The van der Waals surface area contributed by atoms with Gasteiger partial charge in [0.15, 0.2) is 40.3 Å². The standard InChI is InChI=1S/C42H18N4O5S4/c1-45-28-14-24-25(15-29(28)46-2)36(50)27(35(24)49)10-20-12-30-38(52-20)32-40(54-30)41-37(51-42(32)6-4-3-5-7-42)39-31(55-41)13-21(53-39)11-26-33(47)22-8-18(16-43)19(17-44)9-23(22)34(26)48/h8-15H,3-7H2. The number of ketones is 4. The second kappa shape index (κ2) is 11.8. The van der Waals surface area contributed by atoms with E-state index in [0.29, 0.717) is 0 Å². The molecule has 2 aromatic carbocycles. The molecular weight excluding hydrogens is 769 g/mol. The van der Waals surface area contributed by atoms with Gasteiger partial charge in [0.05, 0.1) is 59.3 Å². The molecule has 0 amide bonds. The van der Waals surface area contributed by atoms with Crippen LogP contribution in [0.15, 0.2) is 47.5 Å². The van der Waals surface area contributed by atoms with Crippen molar-refractivity contribution in [2.75, 3.05) is 0 Å². The Balaban J connectivity index is 1.04. The molecule has 4 aliphatic rings. The Bertz CT molecular complexity index is 3020. The van der Waals surface area contributed by atoms with Gasteiger partial charge >= 0.3 is 0 Å². The van der Waals surface area contributed by atoms with Gasteiger partial charge in [-0.05, 0) is 62.1 Å². The molecule has 3 aliphatic carbocycles. The molecule has 0 N–H and O–H groups in total. The van der Waals surface area contributed by atoms with Crippen molar-refractivity contribution in [2.24, 2.45) is 0 Å². The Morgan fingerprint density at radius 1 is 0.636 bits per heavy atom. The molecular formula is C42H18N4O5S4. The highest BCUT2D eigenvalue weighted by Gasteiger charge is 2.47. The maximum Gasteiger partial charge on any atom is 0.197 e. The van der Waals surface area contributed by atoms with Crippen molar-refractivity contribution in [2.45, 2.75) is 37.7 Å². The summed E-state index contributed by atoms with van der Waals surface area (Å²) in [6, 6.07) is 13.2. The zero-order valence-electron chi connectivity index (χ0n) is 28.1. The number of carbonyl (C=O) groups is 4. The quantitative estimate of drug-likeness (QED) is 0.0969. The molecule has 10 rings (SSSR count). The minimum atomic E-state index is -0.567. The van der Waals surface area contributed by atoms with Crippen molar-refractivity contribution < 1.29 is 23.9 Å². The monoisotopic (exact) mass is 786 g/mol. The number of hydrogen-bond donors (Lipinski definition) is 0. The summed E-state index contributed by atoms with van der Waals surface area (Å²) in [5, 5.41) is 18.9. The van der Waals surface area contributed by atoms with Gasteiger partial charge < -0.3 is 4.74 Å². The van der Waals surface area contributed by atoms with E-state index in [1.807, 2.05) is 24.3 Å². The fraction of sp³-hybridized carbons (Fsp3) is 0.143. The molecule has 9 nitrogen and oxygen atoms in total. The Morgan fingerprint density at radius 2 is 1.11 bits per heavy atom. The van der Waals surface area contributed by atoms with Gasteiger partial charge in [0.25, 0.3) is 0 Å². The zero-order chi connectivity index (χ0) is 37.9. The molecule has 55 heavy (non-hydrogen) atoms. The molecule has 0 bridgehead atoms. The van der Waals surface area contributed by atoms with E-state index in [1.54, 1.807) is 34.8 Å². The van der Waals surface area contributed by atoms with E-state index < -0.39 is 28.7 Å². The molecule has 0 radical (unpaired) electrons. The first-order valence-corrected chi connectivity index (χ1v) is 20.3. The van der Waals surface area contributed by atoms with Gasteiger partial charge in [0.1, 0.15) is 17.7 Å². The van der Waals surface area contributed by atoms with E-state index in [1.165, 1.54) is 46.9 Å². The summed E-state index contributed by atoms with van der Waals surface area (Å²) in [5.74, 6) is -1.02. The maximum absolute atomic E-state index is 13.4. The SMILES string of the molecule is [C-]#[N+]c1cc2c(cc1[N+]#[C-])C(=O)C(=Cc1cc3sc4c(c3s1)C1(CCCCC1)Oc1c-4sc3cc(C=C4C(=O)c5cc(C#N)c(C#N)cc5C4=O)sc13)C2=O. The number of hydrogen-bond acceptors (Lipinski definition) is 11. The van der Waals surface area contributed by atoms with E-state index in [2.05, 4.69) is 9.69 Å². The number of benzene rings is 2. The molecule has 1 spiro atoms. The van der Waals surface area contributed by atoms with E-state index in [9.17, 15) is 29.7 Å². The molecule has 1 saturated carbocycles.